The molecule has 0 radical (unpaired) electrons. The summed E-state index contributed by atoms with van der Waals surface area (Å²) in [6, 6.07) is 10.1. The normalized spacial score (nSPS) is 12.9. The number of rotatable bonds is 5. The molecule has 1 atom stereocenters. The molecule has 0 N–H and O–H groups in total. The number of benzene rings is 1. The lowest BCUT2D eigenvalue weighted by Gasteiger charge is -2.21. The van der Waals surface area contributed by atoms with Crippen LogP contribution in [0.2, 0.25) is 0 Å². The molecule has 0 aliphatic heterocycles. The third-order valence-corrected chi connectivity index (χ3v) is 2.40. The quantitative estimate of drug-likeness (QED) is 0.578. The third-order valence-electron chi connectivity index (χ3n) is 2.40. The van der Waals surface area contributed by atoms with Gasteiger partial charge in [0, 0.05) is 6.08 Å². The van der Waals surface area contributed by atoms with E-state index in [1.807, 2.05) is 55.4 Å². The Bertz CT molecular complexity index is 371. The van der Waals surface area contributed by atoms with Crippen LogP contribution in [0.5, 0.6) is 0 Å². The minimum Gasteiger partial charge on any atom is -0.463 e. The highest BCUT2D eigenvalue weighted by Gasteiger charge is 2.10. The average Bonchev–Trinajstić information content (AvgIpc) is 2.30. The third kappa shape index (κ3) is 4.41. The van der Waals surface area contributed by atoms with Crippen LogP contribution in [0.1, 0.15) is 18.5 Å². The monoisotopic (exact) mass is 233 g/mol. The zero-order chi connectivity index (χ0) is 12.7. The summed E-state index contributed by atoms with van der Waals surface area (Å²) in [6.45, 7) is 2.20. The van der Waals surface area contributed by atoms with Gasteiger partial charge >= 0.3 is 5.97 Å². The van der Waals surface area contributed by atoms with Crippen molar-refractivity contribution in [3.63, 3.8) is 0 Å². The van der Waals surface area contributed by atoms with Crippen molar-refractivity contribution in [1.29, 1.82) is 0 Å². The van der Waals surface area contributed by atoms with E-state index in [1.54, 1.807) is 6.92 Å². The summed E-state index contributed by atoms with van der Waals surface area (Å²) >= 11 is 0. The molecule has 0 heterocycles. The first-order chi connectivity index (χ1) is 8.15. The fourth-order valence-electron chi connectivity index (χ4n) is 1.59. The number of carbonyl (C=O) groups excluding carboxylic acids is 1. The number of nitrogens with zero attached hydrogens (tertiary/aromatic N) is 1. The molecular formula is C14H19NO2. The lowest BCUT2D eigenvalue weighted by molar-refractivity contribution is -0.137. The van der Waals surface area contributed by atoms with Crippen molar-refractivity contribution in [2.75, 3.05) is 20.7 Å². The van der Waals surface area contributed by atoms with Gasteiger partial charge in [0.2, 0.25) is 0 Å². The van der Waals surface area contributed by atoms with Crippen LogP contribution < -0.4 is 0 Å². The van der Waals surface area contributed by atoms with Crippen molar-refractivity contribution in [1.82, 2.24) is 4.90 Å². The summed E-state index contributed by atoms with van der Waals surface area (Å²) in [5.74, 6) is -0.296. The summed E-state index contributed by atoms with van der Waals surface area (Å²) in [5.41, 5.74) is 1.15. The molecule has 0 aliphatic rings. The fourth-order valence-corrected chi connectivity index (χ4v) is 1.59. The van der Waals surface area contributed by atoms with E-state index >= 15 is 0 Å². The van der Waals surface area contributed by atoms with Gasteiger partial charge < -0.3 is 4.74 Å². The Morgan fingerprint density at radius 3 is 2.53 bits per heavy atom. The second kappa shape index (κ2) is 6.86. The van der Waals surface area contributed by atoms with E-state index in [-0.39, 0.29) is 12.0 Å². The van der Waals surface area contributed by atoms with Gasteiger partial charge in [-0.05, 0) is 26.6 Å². The molecule has 0 saturated carbocycles. The smallest absolute Gasteiger partial charge is 0.330 e. The van der Waals surface area contributed by atoms with Crippen molar-refractivity contribution < 1.29 is 9.53 Å². The number of carbonyl (C=O) groups is 1. The van der Waals surface area contributed by atoms with Gasteiger partial charge in [0.05, 0.1) is 12.6 Å². The van der Waals surface area contributed by atoms with Crippen LogP contribution in [0.25, 0.3) is 0 Å². The standard InChI is InChI=1S/C14H19NO2/c1-4-17-14(16)11-10-13(15(2)3)12-8-6-5-7-9-12/h5-11,13H,4H2,1-3H3/b11-10+. The molecule has 0 fully saturated rings. The summed E-state index contributed by atoms with van der Waals surface area (Å²) in [5, 5.41) is 0. The Hall–Kier alpha value is -1.61. The highest BCUT2D eigenvalue weighted by molar-refractivity contribution is 5.82. The Morgan fingerprint density at radius 2 is 2.00 bits per heavy atom. The number of esters is 1. The molecule has 0 amide bonds. The van der Waals surface area contributed by atoms with Crippen LogP contribution in [0.3, 0.4) is 0 Å². The van der Waals surface area contributed by atoms with Crippen LogP contribution in [0.4, 0.5) is 0 Å². The topological polar surface area (TPSA) is 29.5 Å². The molecule has 1 aromatic carbocycles. The molecule has 3 nitrogen and oxygen atoms in total. The summed E-state index contributed by atoms with van der Waals surface area (Å²) in [4.78, 5) is 13.3. The molecular weight excluding hydrogens is 214 g/mol. The van der Waals surface area contributed by atoms with E-state index in [2.05, 4.69) is 0 Å². The Balaban J connectivity index is 2.78. The lowest BCUT2D eigenvalue weighted by Crippen LogP contribution is -2.18. The largest absolute Gasteiger partial charge is 0.463 e. The van der Waals surface area contributed by atoms with Crippen LogP contribution in [0, 0.1) is 0 Å². The van der Waals surface area contributed by atoms with Crippen molar-refractivity contribution in [3.8, 4) is 0 Å². The first-order valence-corrected chi connectivity index (χ1v) is 5.71. The first-order valence-electron chi connectivity index (χ1n) is 5.71. The maximum Gasteiger partial charge on any atom is 0.330 e. The van der Waals surface area contributed by atoms with Gasteiger partial charge in [0.15, 0.2) is 0 Å². The molecule has 17 heavy (non-hydrogen) atoms. The van der Waals surface area contributed by atoms with Crippen molar-refractivity contribution in [2.45, 2.75) is 13.0 Å². The average molecular weight is 233 g/mol. The minimum absolute atomic E-state index is 0.0839. The van der Waals surface area contributed by atoms with Crippen LogP contribution in [-0.4, -0.2) is 31.6 Å². The second-order valence-electron chi connectivity index (χ2n) is 3.93. The van der Waals surface area contributed by atoms with Gasteiger partial charge in [-0.25, -0.2) is 4.79 Å². The van der Waals surface area contributed by atoms with Crippen molar-refractivity contribution in [2.24, 2.45) is 0 Å². The molecule has 1 unspecified atom stereocenters. The SMILES string of the molecule is CCOC(=O)/C=C/C(c1ccccc1)N(C)C. The number of hydrogen-bond donors (Lipinski definition) is 0. The number of hydrogen-bond acceptors (Lipinski definition) is 3. The Kier molecular flexibility index (Phi) is 5.43. The van der Waals surface area contributed by atoms with Crippen molar-refractivity contribution >= 4 is 5.97 Å². The van der Waals surface area contributed by atoms with Gasteiger partial charge in [-0.3, -0.25) is 4.90 Å². The summed E-state index contributed by atoms with van der Waals surface area (Å²) in [7, 11) is 3.96. The van der Waals surface area contributed by atoms with Gasteiger partial charge in [-0.1, -0.05) is 36.4 Å². The van der Waals surface area contributed by atoms with Gasteiger partial charge in [-0.15, -0.1) is 0 Å². The predicted molar refractivity (Wildman–Crippen MR) is 68.6 cm³/mol. The molecule has 3 heteroatoms. The minimum atomic E-state index is -0.296. The van der Waals surface area contributed by atoms with E-state index in [0.29, 0.717) is 6.61 Å². The Labute approximate surface area is 103 Å². The number of likely N-dealkylation sites (N-methyl/N-ethyl adjacent to an activating group) is 1. The van der Waals surface area contributed by atoms with E-state index in [0.717, 1.165) is 5.56 Å². The predicted octanol–water partition coefficient (Wildman–Crippen LogP) is 2.41. The highest BCUT2D eigenvalue weighted by Crippen LogP contribution is 2.18. The van der Waals surface area contributed by atoms with E-state index in [9.17, 15) is 4.79 Å². The van der Waals surface area contributed by atoms with Gasteiger partial charge in [-0.2, -0.15) is 0 Å². The van der Waals surface area contributed by atoms with E-state index in [1.165, 1.54) is 6.08 Å². The molecule has 1 rings (SSSR count). The summed E-state index contributed by atoms with van der Waals surface area (Å²) in [6.07, 6.45) is 3.34. The molecule has 0 bridgehead atoms. The first kappa shape index (κ1) is 13.5. The van der Waals surface area contributed by atoms with Crippen LogP contribution in [0.15, 0.2) is 42.5 Å². The van der Waals surface area contributed by atoms with E-state index < -0.39 is 0 Å². The fraction of sp³-hybridized carbons (Fsp3) is 0.357. The molecule has 0 saturated heterocycles. The second-order valence-corrected chi connectivity index (χ2v) is 3.93. The Morgan fingerprint density at radius 1 is 1.35 bits per heavy atom. The summed E-state index contributed by atoms with van der Waals surface area (Å²) < 4.78 is 4.86. The van der Waals surface area contributed by atoms with Crippen molar-refractivity contribution in [3.05, 3.63) is 48.0 Å². The van der Waals surface area contributed by atoms with E-state index in [4.69, 9.17) is 4.74 Å². The van der Waals surface area contributed by atoms with Gasteiger partial charge in [0.25, 0.3) is 0 Å². The molecule has 92 valence electrons. The highest BCUT2D eigenvalue weighted by atomic mass is 16.5. The lowest BCUT2D eigenvalue weighted by atomic mass is 10.1. The molecule has 1 aromatic rings. The maximum atomic E-state index is 11.3. The molecule has 0 aromatic heterocycles. The zero-order valence-corrected chi connectivity index (χ0v) is 10.6. The van der Waals surface area contributed by atoms with Crippen LogP contribution in [-0.2, 0) is 9.53 Å². The van der Waals surface area contributed by atoms with Crippen LogP contribution >= 0.6 is 0 Å². The molecule has 0 spiro atoms. The maximum absolute atomic E-state index is 11.3. The van der Waals surface area contributed by atoms with Gasteiger partial charge in [0.1, 0.15) is 0 Å². The molecule has 0 aliphatic carbocycles. The number of ether oxygens (including phenoxy) is 1. The zero-order valence-electron chi connectivity index (χ0n) is 10.6.